The third-order valence-electron chi connectivity index (χ3n) is 2.15. The van der Waals surface area contributed by atoms with Gasteiger partial charge in [0.15, 0.2) is 0 Å². The second kappa shape index (κ2) is 5.62. The maximum atomic E-state index is 13.3. The molecule has 0 bridgehead atoms. The monoisotopic (exact) mass is 283 g/mol. The van der Waals surface area contributed by atoms with Gasteiger partial charge in [-0.1, -0.05) is 11.6 Å². The van der Waals surface area contributed by atoms with Crippen molar-refractivity contribution in [2.75, 3.05) is 10.6 Å². The predicted octanol–water partition coefficient (Wildman–Crippen LogP) is 3.66. The summed E-state index contributed by atoms with van der Waals surface area (Å²) in [6.07, 6.45) is 1.36. The number of nitrogens with zero attached hydrogens (tertiary/aromatic N) is 1. The van der Waals surface area contributed by atoms with Crippen LogP contribution in [0.15, 0.2) is 36.5 Å². The first kappa shape index (κ1) is 13.2. The molecule has 1 aromatic heterocycles. The van der Waals surface area contributed by atoms with Crippen molar-refractivity contribution < 1.29 is 13.6 Å². The molecule has 4 nitrogen and oxygen atoms in total. The maximum absolute atomic E-state index is 13.3. The van der Waals surface area contributed by atoms with Crippen LogP contribution in [-0.4, -0.2) is 11.0 Å². The Balaban J connectivity index is 2.03. The Morgan fingerprint density at radius 1 is 1.16 bits per heavy atom. The number of urea groups is 1. The Hall–Kier alpha value is -2.21. The molecule has 0 saturated carbocycles. The quantitative estimate of drug-likeness (QED) is 0.884. The van der Waals surface area contributed by atoms with Crippen LogP contribution in [0.1, 0.15) is 0 Å². The van der Waals surface area contributed by atoms with E-state index in [0.717, 1.165) is 12.1 Å². The van der Waals surface area contributed by atoms with Crippen LogP contribution >= 0.6 is 11.6 Å². The number of carbonyl (C=O) groups is 1. The third-order valence-corrected chi connectivity index (χ3v) is 2.37. The van der Waals surface area contributed by atoms with Crippen LogP contribution in [-0.2, 0) is 0 Å². The molecule has 0 aliphatic rings. The van der Waals surface area contributed by atoms with E-state index in [9.17, 15) is 13.6 Å². The summed E-state index contributed by atoms with van der Waals surface area (Å²) in [4.78, 5) is 15.4. The average Bonchev–Trinajstić information content (AvgIpc) is 2.36. The number of anilines is 2. The average molecular weight is 284 g/mol. The Labute approximate surface area is 112 Å². The van der Waals surface area contributed by atoms with E-state index in [2.05, 4.69) is 15.6 Å². The van der Waals surface area contributed by atoms with Gasteiger partial charge in [-0.3, -0.25) is 5.32 Å². The van der Waals surface area contributed by atoms with Crippen molar-refractivity contribution in [1.82, 2.24) is 4.98 Å². The van der Waals surface area contributed by atoms with Gasteiger partial charge in [0, 0.05) is 12.3 Å². The number of rotatable bonds is 2. The van der Waals surface area contributed by atoms with E-state index in [1.54, 1.807) is 6.07 Å². The molecule has 7 heteroatoms. The molecule has 98 valence electrons. The number of hydrogen-bond acceptors (Lipinski definition) is 2. The molecule has 0 radical (unpaired) electrons. The lowest BCUT2D eigenvalue weighted by Crippen LogP contribution is -2.20. The van der Waals surface area contributed by atoms with E-state index >= 15 is 0 Å². The number of hydrogen-bond donors (Lipinski definition) is 2. The lowest BCUT2D eigenvalue weighted by Gasteiger charge is -2.07. The standard InChI is InChI=1S/C12H8ClF2N3O/c13-7-1-4-11(16-6-7)18-12(19)17-10-3-2-8(14)5-9(10)15/h1-6H,(H2,16,17,18,19). The Kier molecular flexibility index (Phi) is 3.91. The number of halogens is 3. The van der Waals surface area contributed by atoms with Crippen LogP contribution in [0.4, 0.5) is 25.1 Å². The van der Waals surface area contributed by atoms with Crippen LogP contribution in [0.25, 0.3) is 0 Å². The van der Waals surface area contributed by atoms with Crippen molar-refractivity contribution in [1.29, 1.82) is 0 Å². The van der Waals surface area contributed by atoms with Gasteiger partial charge >= 0.3 is 6.03 Å². The minimum atomic E-state index is -0.862. The van der Waals surface area contributed by atoms with Crippen molar-refractivity contribution in [3.63, 3.8) is 0 Å². The molecular weight excluding hydrogens is 276 g/mol. The first-order chi connectivity index (χ1) is 9.04. The summed E-state index contributed by atoms with van der Waals surface area (Å²) in [6.45, 7) is 0. The van der Waals surface area contributed by atoms with E-state index in [-0.39, 0.29) is 11.5 Å². The molecular formula is C12H8ClF2N3O. The highest BCUT2D eigenvalue weighted by atomic mass is 35.5. The van der Waals surface area contributed by atoms with Crippen LogP contribution in [0.5, 0.6) is 0 Å². The predicted molar refractivity (Wildman–Crippen MR) is 68.2 cm³/mol. The lowest BCUT2D eigenvalue weighted by molar-refractivity contribution is 0.262. The Morgan fingerprint density at radius 3 is 2.58 bits per heavy atom. The zero-order valence-corrected chi connectivity index (χ0v) is 10.2. The van der Waals surface area contributed by atoms with Gasteiger partial charge in [-0.05, 0) is 24.3 Å². The molecule has 1 aromatic carbocycles. The van der Waals surface area contributed by atoms with E-state index in [0.29, 0.717) is 11.1 Å². The van der Waals surface area contributed by atoms with E-state index in [1.165, 1.54) is 12.3 Å². The van der Waals surface area contributed by atoms with Gasteiger partial charge in [-0.2, -0.15) is 0 Å². The molecule has 2 N–H and O–H groups in total. The summed E-state index contributed by atoms with van der Waals surface area (Å²) in [5, 5.41) is 5.04. The highest BCUT2D eigenvalue weighted by molar-refractivity contribution is 6.30. The summed E-state index contributed by atoms with van der Waals surface area (Å²) in [5.74, 6) is -1.33. The SMILES string of the molecule is O=C(Nc1ccc(Cl)cn1)Nc1ccc(F)cc1F. The van der Waals surface area contributed by atoms with Crippen molar-refractivity contribution in [3.05, 3.63) is 53.2 Å². The zero-order chi connectivity index (χ0) is 13.8. The lowest BCUT2D eigenvalue weighted by atomic mass is 10.3. The Morgan fingerprint density at radius 2 is 1.95 bits per heavy atom. The molecule has 0 aliphatic carbocycles. The summed E-state index contributed by atoms with van der Waals surface area (Å²) in [7, 11) is 0. The molecule has 0 fully saturated rings. The molecule has 2 aromatic rings. The second-order valence-electron chi connectivity index (χ2n) is 3.56. The molecule has 0 aliphatic heterocycles. The molecule has 1 heterocycles. The van der Waals surface area contributed by atoms with Gasteiger partial charge in [0.25, 0.3) is 0 Å². The molecule has 0 saturated heterocycles. The summed E-state index contributed by atoms with van der Waals surface area (Å²) >= 11 is 5.64. The normalized spacial score (nSPS) is 10.1. The van der Waals surface area contributed by atoms with Crippen LogP contribution in [0.2, 0.25) is 5.02 Å². The second-order valence-corrected chi connectivity index (χ2v) is 4.00. The smallest absolute Gasteiger partial charge is 0.305 e. The van der Waals surface area contributed by atoms with Crippen LogP contribution in [0, 0.1) is 11.6 Å². The van der Waals surface area contributed by atoms with Gasteiger partial charge in [0.2, 0.25) is 0 Å². The number of aromatic nitrogens is 1. The van der Waals surface area contributed by atoms with Crippen LogP contribution in [0.3, 0.4) is 0 Å². The number of nitrogens with one attached hydrogen (secondary N) is 2. The highest BCUT2D eigenvalue weighted by Crippen LogP contribution is 2.15. The highest BCUT2D eigenvalue weighted by Gasteiger charge is 2.08. The fourth-order valence-electron chi connectivity index (χ4n) is 1.31. The van der Waals surface area contributed by atoms with E-state index in [4.69, 9.17) is 11.6 Å². The number of pyridine rings is 1. The Bertz CT molecular complexity index is 604. The molecule has 0 unspecified atom stereocenters. The molecule has 0 spiro atoms. The van der Waals surface area contributed by atoms with E-state index < -0.39 is 17.7 Å². The fraction of sp³-hybridized carbons (Fsp3) is 0. The van der Waals surface area contributed by atoms with Crippen molar-refractivity contribution in [2.24, 2.45) is 0 Å². The van der Waals surface area contributed by atoms with Crippen LogP contribution < -0.4 is 10.6 Å². The fourth-order valence-corrected chi connectivity index (χ4v) is 1.42. The minimum Gasteiger partial charge on any atom is -0.305 e. The molecule has 2 amide bonds. The van der Waals surface area contributed by atoms with Crippen molar-refractivity contribution in [2.45, 2.75) is 0 Å². The van der Waals surface area contributed by atoms with Gasteiger partial charge in [-0.25, -0.2) is 18.6 Å². The molecule has 2 rings (SSSR count). The largest absolute Gasteiger partial charge is 0.324 e. The van der Waals surface area contributed by atoms with Gasteiger partial charge in [0.05, 0.1) is 10.7 Å². The van der Waals surface area contributed by atoms with Gasteiger partial charge in [-0.15, -0.1) is 0 Å². The van der Waals surface area contributed by atoms with Gasteiger partial charge < -0.3 is 5.32 Å². The minimum absolute atomic E-state index is 0.132. The summed E-state index contributed by atoms with van der Waals surface area (Å²) < 4.78 is 26.0. The van der Waals surface area contributed by atoms with Crippen molar-refractivity contribution in [3.8, 4) is 0 Å². The molecule has 19 heavy (non-hydrogen) atoms. The number of carbonyl (C=O) groups excluding carboxylic acids is 1. The first-order valence-corrected chi connectivity index (χ1v) is 5.57. The van der Waals surface area contributed by atoms with Gasteiger partial charge in [0.1, 0.15) is 17.5 Å². The molecule has 0 atom stereocenters. The van der Waals surface area contributed by atoms with Crippen molar-refractivity contribution >= 4 is 29.1 Å². The third kappa shape index (κ3) is 3.62. The van der Waals surface area contributed by atoms with E-state index in [1.807, 2.05) is 0 Å². The summed E-state index contributed by atoms with van der Waals surface area (Å²) in [5.41, 5.74) is -0.132. The summed E-state index contributed by atoms with van der Waals surface area (Å²) in [6, 6.07) is 5.18. The topological polar surface area (TPSA) is 54.0 Å². The maximum Gasteiger partial charge on any atom is 0.324 e. The number of amides is 2. The zero-order valence-electron chi connectivity index (χ0n) is 9.45. The first-order valence-electron chi connectivity index (χ1n) is 5.19. The number of benzene rings is 1.